The van der Waals surface area contributed by atoms with Crippen molar-refractivity contribution < 1.29 is 5.11 Å². The lowest BCUT2D eigenvalue weighted by Crippen LogP contribution is -2.12. The number of rotatable bonds is 4. The highest BCUT2D eigenvalue weighted by atomic mass is 16.3. The van der Waals surface area contributed by atoms with Crippen LogP contribution in [0.3, 0.4) is 0 Å². The third-order valence-corrected chi connectivity index (χ3v) is 3.36. The van der Waals surface area contributed by atoms with Crippen LogP contribution in [0.4, 0.5) is 0 Å². The summed E-state index contributed by atoms with van der Waals surface area (Å²) in [6, 6.07) is 0. The fraction of sp³-hybridized carbons (Fsp3) is 0.615. The van der Waals surface area contributed by atoms with Gasteiger partial charge < -0.3 is 5.11 Å². The van der Waals surface area contributed by atoms with E-state index in [0.29, 0.717) is 5.41 Å². The third-order valence-electron chi connectivity index (χ3n) is 3.36. The second kappa shape index (κ2) is 22.3. The summed E-state index contributed by atoms with van der Waals surface area (Å²) < 4.78 is 0. The van der Waals surface area contributed by atoms with Gasteiger partial charge in [0.1, 0.15) is 0 Å². The van der Waals surface area contributed by atoms with Crippen LogP contribution in [0.2, 0.25) is 0 Å². The SMILES string of the molecule is C=C.C=CC(C)(C)O.C=CC(C)(CC)CC.CC#CC.CC#CC(C)(C)C. The highest BCUT2D eigenvalue weighted by molar-refractivity contribution is 5.04. The standard InChI is InChI=1S/C8H16.C7H12.C5H10O.C4H6.C2H4/c1-5-8(4,6-2)7-3;1-5-6-7(2,3)4;1-4-5(2,3)6;1-3-4-2;1-2/h5H,1,6-7H2,2-4H3;1-4H3;4,6H,1H2,2-3H3;1-2H3;1-2H2. The van der Waals surface area contributed by atoms with E-state index in [4.69, 9.17) is 5.11 Å². The molecule has 0 unspecified atom stereocenters. The summed E-state index contributed by atoms with van der Waals surface area (Å²) in [6.45, 7) is 35.0. The van der Waals surface area contributed by atoms with Crippen molar-refractivity contribution in [1.82, 2.24) is 0 Å². The van der Waals surface area contributed by atoms with Gasteiger partial charge in [0.15, 0.2) is 0 Å². The van der Waals surface area contributed by atoms with Gasteiger partial charge in [-0.05, 0) is 73.6 Å². The average molecular weight is 377 g/mol. The minimum absolute atomic E-state index is 0.189. The van der Waals surface area contributed by atoms with E-state index in [1.807, 2.05) is 26.8 Å². The predicted molar refractivity (Wildman–Crippen MR) is 129 cm³/mol. The Morgan fingerprint density at radius 3 is 1.04 bits per heavy atom. The van der Waals surface area contributed by atoms with E-state index in [1.165, 1.54) is 18.9 Å². The van der Waals surface area contributed by atoms with Crippen LogP contribution in [0.15, 0.2) is 38.5 Å². The maximum absolute atomic E-state index is 8.71. The van der Waals surface area contributed by atoms with Crippen molar-refractivity contribution in [3.63, 3.8) is 0 Å². The van der Waals surface area contributed by atoms with Gasteiger partial charge in [0.2, 0.25) is 0 Å². The van der Waals surface area contributed by atoms with Crippen molar-refractivity contribution in [2.45, 2.75) is 94.6 Å². The van der Waals surface area contributed by atoms with Gasteiger partial charge in [0.25, 0.3) is 0 Å². The Morgan fingerprint density at radius 2 is 1.04 bits per heavy atom. The first-order chi connectivity index (χ1) is 12.2. The highest BCUT2D eigenvalue weighted by Crippen LogP contribution is 2.25. The van der Waals surface area contributed by atoms with Crippen molar-refractivity contribution in [2.75, 3.05) is 0 Å². The van der Waals surface area contributed by atoms with Crippen LogP contribution in [0.1, 0.15) is 89.0 Å². The fourth-order valence-electron chi connectivity index (χ4n) is 0.914. The summed E-state index contributed by atoms with van der Waals surface area (Å²) >= 11 is 0. The molecule has 1 nitrogen and oxygen atoms in total. The van der Waals surface area contributed by atoms with E-state index in [0.717, 1.165) is 0 Å². The van der Waals surface area contributed by atoms with E-state index >= 15 is 0 Å². The molecule has 1 N–H and O–H groups in total. The first-order valence-electron chi connectivity index (χ1n) is 9.49. The summed E-state index contributed by atoms with van der Waals surface area (Å²) in [7, 11) is 0. The van der Waals surface area contributed by atoms with E-state index in [2.05, 4.69) is 91.5 Å². The normalized spacial score (nSPS) is 9.04. The molecule has 0 aliphatic rings. The van der Waals surface area contributed by atoms with Gasteiger partial charge in [0, 0.05) is 5.41 Å². The Morgan fingerprint density at radius 1 is 0.741 bits per heavy atom. The molecular weight excluding hydrogens is 328 g/mol. The molecule has 0 aromatic carbocycles. The average Bonchev–Trinajstić information content (AvgIpc) is 2.62. The lowest BCUT2D eigenvalue weighted by molar-refractivity contribution is 0.133. The lowest BCUT2D eigenvalue weighted by Gasteiger charge is -2.20. The summed E-state index contributed by atoms with van der Waals surface area (Å²) in [5.74, 6) is 11.3. The molecule has 0 rings (SSSR count). The number of aliphatic hydroxyl groups is 1. The molecule has 0 bridgehead atoms. The molecule has 0 aromatic heterocycles. The second-order valence-electron chi connectivity index (χ2n) is 7.55. The van der Waals surface area contributed by atoms with Crippen molar-refractivity contribution in [2.24, 2.45) is 10.8 Å². The molecule has 1 heteroatoms. The van der Waals surface area contributed by atoms with Crippen molar-refractivity contribution in [3.05, 3.63) is 38.5 Å². The maximum Gasteiger partial charge on any atom is 0.0769 e. The minimum atomic E-state index is -0.694. The van der Waals surface area contributed by atoms with Crippen molar-refractivity contribution >= 4 is 0 Å². The van der Waals surface area contributed by atoms with E-state index in [1.54, 1.807) is 13.8 Å². The summed E-state index contributed by atoms with van der Waals surface area (Å²) in [5, 5.41) is 8.71. The van der Waals surface area contributed by atoms with Crippen molar-refractivity contribution in [3.8, 4) is 23.7 Å². The first kappa shape index (κ1) is 36.3. The zero-order chi connectivity index (χ0) is 23.2. The molecule has 0 amide bonds. The van der Waals surface area contributed by atoms with Gasteiger partial charge in [-0.1, -0.05) is 38.8 Å². The van der Waals surface area contributed by atoms with Crippen LogP contribution in [0.5, 0.6) is 0 Å². The molecule has 27 heavy (non-hydrogen) atoms. The van der Waals surface area contributed by atoms with Gasteiger partial charge in [0.05, 0.1) is 5.60 Å². The molecule has 0 aromatic rings. The van der Waals surface area contributed by atoms with Gasteiger partial charge in [-0.25, -0.2) is 0 Å². The Kier molecular flexibility index (Phi) is 30.0. The fourth-order valence-corrected chi connectivity index (χ4v) is 0.914. The predicted octanol–water partition coefficient (Wildman–Crippen LogP) is 7.83. The smallest absolute Gasteiger partial charge is 0.0769 e. The Balaban J connectivity index is -0.0000000790. The largest absolute Gasteiger partial charge is 0.386 e. The third kappa shape index (κ3) is 51.6. The number of hydrogen-bond acceptors (Lipinski definition) is 1. The van der Waals surface area contributed by atoms with Gasteiger partial charge in [-0.2, -0.15) is 0 Å². The molecule has 0 saturated heterocycles. The highest BCUT2D eigenvalue weighted by Gasteiger charge is 2.12. The quantitative estimate of drug-likeness (QED) is 0.391. The van der Waals surface area contributed by atoms with Gasteiger partial charge in [-0.15, -0.1) is 44.1 Å². The van der Waals surface area contributed by atoms with Gasteiger partial charge in [-0.3, -0.25) is 0 Å². The molecule has 0 saturated carbocycles. The van der Waals surface area contributed by atoms with Crippen LogP contribution in [-0.4, -0.2) is 10.7 Å². The zero-order valence-electron chi connectivity index (χ0n) is 20.3. The Hall–Kier alpha value is -1.70. The molecule has 0 radical (unpaired) electrons. The zero-order valence-corrected chi connectivity index (χ0v) is 20.3. The minimum Gasteiger partial charge on any atom is -0.386 e. The van der Waals surface area contributed by atoms with E-state index in [-0.39, 0.29) is 5.41 Å². The number of allylic oxidation sites excluding steroid dienone is 1. The topological polar surface area (TPSA) is 20.2 Å². The lowest BCUT2D eigenvalue weighted by atomic mass is 9.85. The Bertz CT molecular complexity index is 437. The Labute approximate surface area is 173 Å². The molecule has 0 atom stereocenters. The van der Waals surface area contributed by atoms with E-state index < -0.39 is 5.60 Å². The molecule has 0 aliphatic carbocycles. The van der Waals surface area contributed by atoms with Gasteiger partial charge >= 0.3 is 0 Å². The second-order valence-corrected chi connectivity index (χ2v) is 7.55. The molecule has 0 aliphatic heterocycles. The summed E-state index contributed by atoms with van der Waals surface area (Å²) in [6.07, 6.45) is 5.94. The molecule has 0 spiro atoms. The van der Waals surface area contributed by atoms with Crippen LogP contribution in [-0.2, 0) is 0 Å². The van der Waals surface area contributed by atoms with Crippen LogP contribution in [0, 0.1) is 34.5 Å². The summed E-state index contributed by atoms with van der Waals surface area (Å²) in [4.78, 5) is 0. The van der Waals surface area contributed by atoms with Crippen LogP contribution in [0.25, 0.3) is 0 Å². The van der Waals surface area contributed by atoms with Crippen LogP contribution >= 0.6 is 0 Å². The monoisotopic (exact) mass is 376 g/mol. The number of hydrogen-bond donors (Lipinski definition) is 1. The molecular formula is C26H48O. The molecule has 0 fully saturated rings. The first-order valence-corrected chi connectivity index (χ1v) is 9.49. The molecule has 0 heterocycles. The summed E-state index contributed by atoms with van der Waals surface area (Å²) in [5.41, 5.74) is -0.116. The van der Waals surface area contributed by atoms with E-state index in [9.17, 15) is 0 Å². The van der Waals surface area contributed by atoms with Crippen LogP contribution < -0.4 is 0 Å². The maximum atomic E-state index is 8.71. The molecule has 158 valence electrons. The van der Waals surface area contributed by atoms with Crippen molar-refractivity contribution in [1.29, 1.82) is 0 Å².